The van der Waals surface area contributed by atoms with Gasteiger partial charge in [0.2, 0.25) is 11.8 Å². The summed E-state index contributed by atoms with van der Waals surface area (Å²) in [6, 6.07) is 9.64. The minimum atomic E-state index is -1.19. The monoisotopic (exact) mass is 441 g/mol. The first-order chi connectivity index (χ1) is 15.2. The first-order valence-electron chi connectivity index (χ1n) is 10.4. The van der Waals surface area contributed by atoms with Crippen molar-refractivity contribution >= 4 is 17.8 Å². The van der Waals surface area contributed by atoms with Gasteiger partial charge < -0.3 is 31.3 Å². The van der Waals surface area contributed by atoms with Crippen LogP contribution in [0.3, 0.4) is 0 Å². The van der Waals surface area contributed by atoms with E-state index in [0.717, 1.165) is 5.56 Å². The molecule has 2 aromatic rings. The van der Waals surface area contributed by atoms with Crippen LogP contribution in [0.5, 0.6) is 11.5 Å². The van der Waals surface area contributed by atoms with E-state index in [1.165, 1.54) is 29.2 Å². The number of phenols is 2. The second kappa shape index (κ2) is 10.1. The molecule has 6 N–H and O–H groups in total. The van der Waals surface area contributed by atoms with Crippen LogP contribution in [0, 0.1) is 0 Å². The number of aromatic hydroxyl groups is 2. The maximum Gasteiger partial charge on any atom is 0.326 e. The fraction of sp³-hybridized carbons (Fsp3) is 0.348. The lowest BCUT2D eigenvalue weighted by Crippen LogP contribution is -2.54. The van der Waals surface area contributed by atoms with Crippen molar-refractivity contribution in [3.05, 3.63) is 59.7 Å². The van der Waals surface area contributed by atoms with Gasteiger partial charge in [-0.1, -0.05) is 24.3 Å². The number of carbonyl (C=O) groups is 3. The molecule has 1 fully saturated rings. The molecule has 3 atom stereocenters. The number of carbonyl (C=O) groups excluding carboxylic acids is 2. The molecule has 1 aliphatic heterocycles. The summed E-state index contributed by atoms with van der Waals surface area (Å²) < 4.78 is 0. The molecule has 9 heteroatoms. The largest absolute Gasteiger partial charge is 0.508 e. The summed E-state index contributed by atoms with van der Waals surface area (Å²) in [5, 5.41) is 30.8. The van der Waals surface area contributed by atoms with Crippen molar-refractivity contribution < 1.29 is 29.7 Å². The Kier molecular flexibility index (Phi) is 7.32. The molecule has 0 aromatic heterocycles. The van der Waals surface area contributed by atoms with Gasteiger partial charge in [-0.25, -0.2) is 4.79 Å². The van der Waals surface area contributed by atoms with Crippen molar-refractivity contribution in [3.63, 3.8) is 0 Å². The maximum atomic E-state index is 12.9. The highest BCUT2D eigenvalue weighted by atomic mass is 16.4. The van der Waals surface area contributed by atoms with Crippen LogP contribution >= 0.6 is 0 Å². The lowest BCUT2D eigenvalue weighted by atomic mass is 10.0. The smallest absolute Gasteiger partial charge is 0.326 e. The number of benzene rings is 2. The highest BCUT2D eigenvalue weighted by Gasteiger charge is 2.37. The number of hydrogen-bond donors (Lipinski definition) is 5. The molecule has 1 aliphatic rings. The van der Waals surface area contributed by atoms with Crippen molar-refractivity contribution in [1.82, 2.24) is 10.2 Å². The Bertz CT molecular complexity index is 961. The topological polar surface area (TPSA) is 153 Å². The number of rotatable bonds is 8. The van der Waals surface area contributed by atoms with Crippen LogP contribution in [0.2, 0.25) is 0 Å². The van der Waals surface area contributed by atoms with Gasteiger partial charge in [0.25, 0.3) is 0 Å². The zero-order valence-electron chi connectivity index (χ0n) is 17.5. The Labute approximate surface area is 185 Å². The van der Waals surface area contributed by atoms with Gasteiger partial charge in [-0.05, 0) is 54.7 Å². The summed E-state index contributed by atoms with van der Waals surface area (Å²) in [4.78, 5) is 38.9. The molecule has 170 valence electrons. The van der Waals surface area contributed by atoms with Gasteiger partial charge in [-0.3, -0.25) is 9.59 Å². The molecular formula is C23H27N3O6. The van der Waals surface area contributed by atoms with Crippen molar-refractivity contribution in [2.75, 3.05) is 6.54 Å². The zero-order valence-corrected chi connectivity index (χ0v) is 17.5. The molecule has 2 aromatic carbocycles. The molecule has 0 radical (unpaired) electrons. The number of phenolic OH excluding ortho intramolecular Hbond substituents is 2. The third-order valence-corrected chi connectivity index (χ3v) is 5.54. The summed E-state index contributed by atoms with van der Waals surface area (Å²) in [5.41, 5.74) is 7.52. The summed E-state index contributed by atoms with van der Waals surface area (Å²) >= 11 is 0. The van der Waals surface area contributed by atoms with Gasteiger partial charge >= 0.3 is 5.97 Å². The van der Waals surface area contributed by atoms with E-state index in [2.05, 4.69) is 5.32 Å². The summed E-state index contributed by atoms with van der Waals surface area (Å²) in [6.45, 7) is 0.371. The second-order valence-corrected chi connectivity index (χ2v) is 7.94. The Hall–Kier alpha value is -3.59. The number of amides is 2. The normalized spacial score (nSPS) is 17.5. The summed E-state index contributed by atoms with van der Waals surface area (Å²) in [7, 11) is 0. The quantitative estimate of drug-likeness (QED) is 0.405. The van der Waals surface area contributed by atoms with Gasteiger partial charge in [0, 0.05) is 13.0 Å². The van der Waals surface area contributed by atoms with Crippen LogP contribution < -0.4 is 11.1 Å². The van der Waals surface area contributed by atoms with Crippen molar-refractivity contribution in [3.8, 4) is 11.5 Å². The molecule has 3 unspecified atom stereocenters. The van der Waals surface area contributed by atoms with Gasteiger partial charge in [0.1, 0.15) is 23.6 Å². The van der Waals surface area contributed by atoms with E-state index in [1.807, 2.05) is 0 Å². The number of carboxylic acids is 1. The fourth-order valence-electron chi connectivity index (χ4n) is 3.83. The molecule has 3 rings (SSSR count). The molecular weight excluding hydrogens is 414 g/mol. The highest BCUT2D eigenvalue weighted by Crippen LogP contribution is 2.20. The first kappa shape index (κ1) is 23.1. The zero-order chi connectivity index (χ0) is 23.3. The maximum absolute atomic E-state index is 12.9. The van der Waals surface area contributed by atoms with Crippen molar-refractivity contribution in [2.24, 2.45) is 5.73 Å². The standard InChI is InChI=1S/C23H27N3O6/c24-18(12-14-3-7-16(27)8-4-14)22(30)26-11-1-2-20(26)21(29)25-19(23(31)32)13-15-5-9-17(28)10-6-15/h3-10,18-20,27-28H,1-2,11-13,24H2,(H,25,29)(H,31,32). The average Bonchev–Trinajstić information content (AvgIpc) is 3.25. The van der Waals surface area contributed by atoms with Crippen LogP contribution in [0.15, 0.2) is 48.5 Å². The SMILES string of the molecule is NC(Cc1ccc(O)cc1)C(=O)N1CCCC1C(=O)NC(Cc1ccc(O)cc1)C(=O)O. The Morgan fingerprint density at radius 2 is 1.50 bits per heavy atom. The average molecular weight is 441 g/mol. The fourth-order valence-corrected chi connectivity index (χ4v) is 3.83. The first-order valence-corrected chi connectivity index (χ1v) is 10.4. The molecule has 32 heavy (non-hydrogen) atoms. The lowest BCUT2D eigenvalue weighted by molar-refractivity contribution is -0.144. The number of hydrogen-bond acceptors (Lipinski definition) is 6. The second-order valence-electron chi connectivity index (χ2n) is 7.94. The molecule has 0 spiro atoms. The number of carboxylic acid groups (broad SMARTS) is 1. The van der Waals surface area contributed by atoms with Gasteiger partial charge in [-0.2, -0.15) is 0 Å². The Morgan fingerprint density at radius 1 is 0.969 bits per heavy atom. The molecule has 2 amide bonds. The minimum Gasteiger partial charge on any atom is -0.508 e. The highest BCUT2D eigenvalue weighted by molar-refractivity contribution is 5.92. The summed E-state index contributed by atoms with van der Waals surface area (Å²) in [5.74, 6) is -1.91. The van der Waals surface area contributed by atoms with Gasteiger partial charge in [0.05, 0.1) is 6.04 Å². The van der Waals surface area contributed by atoms with Crippen molar-refractivity contribution in [2.45, 2.75) is 43.8 Å². The predicted octanol–water partition coefficient (Wildman–Crippen LogP) is 0.771. The lowest BCUT2D eigenvalue weighted by Gasteiger charge is -2.28. The number of aliphatic carboxylic acids is 1. The number of nitrogens with zero attached hydrogens (tertiary/aromatic N) is 1. The van der Waals surface area contributed by atoms with E-state index in [4.69, 9.17) is 5.73 Å². The molecule has 1 saturated heterocycles. The van der Waals surface area contributed by atoms with Crippen molar-refractivity contribution in [1.29, 1.82) is 0 Å². The van der Waals surface area contributed by atoms with Crippen LogP contribution in [-0.4, -0.2) is 62.7 Å². The van der Waals surface area contributed by atoms with Gasteiger partial charge in [0.15, 0.2) is 0 Å². The van der Waals surface area contributed by atoms with Crippen LogP contribution in [0.25, 0.3) is 0 Å². The number of nitrogens with one attached hydrogen (secondary N) is 1. The third kappa shape index (κ3) is 5.76. The van der Waals surface area contributed by atoms with E-state index < -0.39 is 30.0 Å². The van der Waals surface area contributed by atoms with E-state index in [-0.39, 0.29) is 30.2 Å². The molecule has 1 heterocycles. The minimum absolute atomic E-state index is 0.0440. The van der Waals surface area contributed by atoms with Crippen LogP contribution in [0.4, 0.5) is 0 Å². The molecule has 0 aliphatic carbocycles. The van der Waals surface area contributed by atoms with E-state index in [1.54, 1.807) is 24.3 Å². The van der Waals surface area contributed by atoms with E-state index >= 15 is 0 Å². The Morgan fingerprint density at radius 3 is 2.03 bits per heavy atom. The van der Waals surface area contributed by atoms with E-state index in [9.17, 15) is 29.7 Å². The number of likely N-dealkylation sites (tertiary alicyclic amines) is 1. The van der Waals surface area contributed by atoms with Crippen LogP contribution in [0.1, 0.15) is 24.0 Å². The van der Waals surface area contributed by atoms with Gasteiger partial charge in [-0.15, -0.1) is 0 Å². The molecule has 0 bridgehead atoms. The van der Waals surface area contributed by atoms with Crippen LogP contribution in [-0.2, 0) is 27.2 Å². The van der Waals surface area contributed by atoms with E-state index in [0.29, 0.717) is 24.9 Å². The number of nitrogens with two attached hydrogens (primary N) is 1. The third-order valence-electron chi connectivity index (χ3n) is 5.54. The predicted molar refractivity (Wildman–Crippen MR) is 116 cm³/mol. The summed E-state index contributed by atoms with van der Waals surface area (Å²) in [6.07, 6.45) is 1.34. The molecule has 9 nitrogen and oxygen atoms in total. The molecule has 0 saturated carbocycles. The Balaban J connectivity index is 1.63.